The molecule has 1 saturated carbocycles. The highest BCUT2D eigenvalue weighted by Crippen LogP contribution is 2.39. The number of amides is 2. The number of hydrogen-bond acceptors (Lipinski definition) is 4. The van der Waals surface area contributed by atoms with Crippen molar-refractivity contribution >= 4 is 29.2 Å². The van der Waals surface area contributed by atoms with Gasteiger partial charge in [-0.15, -0.1) is 0 Å². The van der Waals surface area contributed by atoms with Crippen molar-refractivity contribution in [3.8, 4) is 0 Å². The summed E-state index contributed by atoms with van der Waals surface area (Å²) in [5.41, 5.74) is 3.43. The highest BCUT2D eigenvalue weighted by Gasteiger charge is 2.37. The van der Waals surface area contributed by atoms with Crippen molar-refractivity contribution < 1.29 is 19.1 Å². The number of unbranched alkanes of at least 4 members (excludes halogenated alkanes) is 1. The summed E-state index contributed by atoms with van der Waals surface area (Å²) in [7, 11) is 0. The summed E-state index contributed by atoms with van der Waals surface area (Å²) in [6, 6.07) is 3.88. The van der Waals surface area contributed by atoms with Crippen LogP contribution in [0.15, 0.2) is 12.1 Å². The topological polar surface area (TPSA) is 66.9 Å². The van der Waals surface area contributed by atoms with Gasteiger partial charge in [-0.05, 0) is 75.6 Å². The number of nitrogens with zero attached hydrogens (tertiary/aromatic N) is 2. The first-order chi connectivity index (χ1) is 14.8. The maximum Gasteiger partial charge on any atom is 0.326 e. The summed E-state index contributed by atoms with van der Waals surface area (Å²) in [6.07, 6.45) is 7.69. The first-order valence-electron chi connectivity index (χ1n) is 11.7. The third-order valence-electron chi connectivity index (χ3n) is 6.79. The van der Waals surface area contributed by atoms with Crippen LogP contribution < -0.4 is 9.80 Å². The van der Waals surface area contributed by atoms with E-state index in [-0.39, 0.29) is 37.4 Å². The van der Waals surface area contributed by atoms with E-state index in [2.05, 4.69) is 6.92 Å². The number of hydrogen-bond donors (Lipinski definition) is 0. The van der Waals surface area contributed by atoms with Crippen LogP contribution in [0.25, 0.3) is 0 Å². The third kappa shape index (κ3) is 5.28. The van der Waals surface area contributed by atoms with E-state index in [4.69, 9.17) is 4.74 Å². The van der Waals surface area contributed by atoms with E-state index in [1.54, 1.807) is 11.8 Å². The molecule has 1 aliphatic heterocycles. The summed E-state index contributed by atoms with van der Waals surface area (Å²) in [5.74, 6) is 0.0579. The molecule has 0 saturated heterocycles. The molecular weight excluding hydrogens is 392 g/mol. The van der Waals surface area contributed by atoms with E-state index in [0.717, 1.165) is 48.4 Å². The number of carbonyl (C=O) groups is 3. The van der Waals surface area contributed by atoms with Crippen LogP contribution in [0, 0.1) is 25.7 Å². The van der Waals surface area contributed by atoms with Gasteiger partial charge in [0.15, 0.2) is 0 Å². The summed E-state index contributed by atoms with van der Waals surface area (Å²) < 4.78 is 5.06. The number of ether oxygens (including phenoxy) is 1. The molecule has 1 aliphatic carbocycles. The molecule has 0 bridgehead atoms. The zero-order chi connectivity index (χ0) is 22.5. The molecule has 6 nitrogen and oxygen atoms in total. The number of esters is 1. The molecule has 0 N–H and O–H groups in total. The van der Waals surface area contributed by atoms with Crippen LogP contribution in [0.3, 0.4) is 0 Å². The second kappa shape index (κ2) is 10.3. The molecule has 0 spiro atoms. The lowest BCUT2D eigenvalue weighted by atomic mass is 9.79. The van der Waals surface area contributed by atoms with Gasteiger partial charge in [0.05, 0.1) is 18.0 Å². The molecule has 3 rings (SSSR count). The molecular formula is C25H36N2O4. The average Bonchev–Trinajstić information content (AvgIpc) is 2.75. The highest BCUT2D eigenvalue weighted by molar-refractivity contribution is 6.13. The van der Waals surface area contributed by atoms with Crippen molar-refractivity contribution in [1.29, 1.82) is 0 Å². The average molecular weight is 429 g/mol. The van der Waals surface area contributed by atoms with Gasteiger partial charge >= 0.3 is 5.97 Å². The van der Waals surface area contributed by atoms with E-state index in [0.29, 0.717) is 5.69 Å². The molecule has 2 amide bonds. The lowest BCUT2D eigenvalue weighted by Gasteiger charge is -2.39. The van der Waals surface area contributed by atoms with Gasteiger partial charge in [-0.3, -0.25) is 19.3 Å². The molecule has 0 aromatic heterocycles. The second-order valence-corrected chi connectivity index (χ2v) is 8.99. The predicted octanol–water partition coefficient (Wildman–Crippen LogP) is 4.54. The van der Waals surface area contributed by atoms with E-state index < -0.39 is 5.97 Å². The number of anilines is 2. The van der Waals surface area contributed by atoms with Crippen molar-refractivity contribution in [1.82, 2.24) is 0 Å². The van der Waals surface area contributed by atoms with Crippen molar-refractivity contribution in [2.75, 3.05) is 29.5 Å². The Morgan fingerprint density at radius 3 is 2.29 bits per heavy atom. The van der Waals surface area contributed by atoms with Gasteiger partial charge in [0.1, 0.15) is 13.1 Å². The Morgan fingerprint density at radius 1 is 1.03 bits per heavy atom. The summed E-state index contributed by atoms with van der Waals surface area (Å²) >= 11 is 0. The monoisotopic (exact) mass is 428 g/mol. The van der Waals surface area contributed by atoms with Gasteiger partial charge in [0, 0.05) is 5.92 Å². The van der Waals surface area contributed by atoms with Crippen LogP contribution in [0.1, 0.15) is 69.9 Å². The molecule has 2 aliphatic rings. The fourth-order valence-corrected chi connectivity index (χ4v) is 4.78. The molecule has 1 aromatic rings. The first-order valence-corrected chi connectivity index (χ1v) is 11.7. The predicted molar refractivity (Wildman–Crippen MR) is 122 cm³/mol. The zero-order valence-electron chi connectivity index (χ0n) is 19.4. The van der Waals surface area contributed by atoms with Crippen molar-refractivity contribution in [2.24, 2.45) is 11.8 Å². The van der Waals surface area contributed by atoms with E-state index in [9.17, 15) is 14.4 Å². The summed E-state index contributed by atoms with van der Waals surface area (Å²) in [4.78, 5) is 41.7. The molecule has 31 heavy (non-hydrogen) atoms. The van der Waals surface area contributed by atoms with E-state index in [1.165, 1.54) is 24.2 Å². The second-order valence-electron chi connectivity index (χ2n) is 8.99. The van der Waals surface area contributed by atoms with E-state index in [1.807, 2.05) is 26.0 Å². The highest BCUT2D eigenvalue weighted by atomic mass is 16.5. The quantitative estimate of drug-likeness (QED) is 0.598. The van der Waals surface area contributed by atoms with Gasteiger partial charge in [-0.2, -0.15) is 0 Å². The summed E-state index contributed by atoms with van der Waals surface area (Å²) in [6.45, 7) is 8.05. The first kappa shape index (κ1) is 23.3. The van der Waals surface area contributed by atoms with E-state index >= 15 is 0 Å². The molecule has 1 aromatic carbocycles. The van der Waals surface area contributed by atoms with Crippen LogP contribution >= 0.6 is 0 Å². The number of rotatable bonds is 7. The van der Waals surface area contributed by atoms with Crippen molar-refractivity contribution in [3.05, 3.63) is 23.3 Å². The van der Waals surface area contributed by atoms with Crippen molar-refractivity contribution in [3.63, 3.8) is 0 Å². The van der Waals surface area contributed by atoms with Crippen LogP contribution in [-0.2, 0) is 19.1 Å². The zero-order valence-corrected chi connectivity index (χ0v) is 19.4. The van der Waals surface area contributed by atoms with Crippen LogP contribution in [0.5, 0.6) is 0 Å². The molecule has 1 fully saturated rings. The van der Waals surface area contributed by atoms with Crippen molar-refractivity contribution in [2.45, 2.75) is 72.6 Å². The normalized spacial score (nSPS) is 21.1. The lowest BCUT2D eigenvalue weighted by molar-refractivity contribution is -0.142. The third-order valence-corrected chi connectivity index (χ3v) is 6.79. The lowest BCUT2D eigenvalue weighted by Crippen LogP contribution is -2.51. The molecule has 0 radical (unpaired) electrons. The number of aryl methyl sites for hydroxylation is 2. The van der Waals surface area contributed by atoms with Crippen LogP contribution in [0.2, 0.25) is 0 Å². The minimum Gasteiger partial charge on any atom is -0.465 e. The fraction of sp³-hybridized carbons (Fsp3) is 0.640. The largest absolute Gasteiger partial charge is 0.465 e. The minimum atomic E-state index is -0.440. The molecule has 0 unspecified atom stereocenters. The Balaban J connectivity index is 1.82. The Hall–Kier alpha value is -2.37. The minimum absolute atomic E-state index is 0.0243. The maximum atomic E-state index is 13.5. The Kier molecular flexibility index (Phi) is 7.74. The van der Waals surface area contributed by atoms with Gasteiger partial charge in [0.25, 0.3) is 0 Å². The standard InChI is InChI=1S/C25H36N2O4/c1-5-7-8-19-9-11-20(12-10-19)25(30)27-15-23(28)26(16-24(29)31-6-2)21-13-17(3)18(4)14-22(21)27/h13-14,19-20H,5-12,15-16H2,1-4H3. The smallest absolute Gasteiger partial charge is 0.326 e. The van der Waals surface area contributed by atoms with Gasteiger partial charge in [-0.25, -0.2) is 0 Å². The Bertz CT molecular complexity index is 827. The number of carbonyl (C=O) groups excluding carboxylic acids is 3. The Morgan fingerprint density at radius 2 is 1.68 bits per heavy atom. The van der Waals surface area contributed by atoms with Gasteiger partial charge in [-0.1, -0.05) is 26.2 Å². The SMILES string of the molecule is CCCCC1CCC(C(=O)N2CC(=O)N(CC(=O)OCC)c3cc(C)c(C)cc32)CC1. The molecule has 170 valence electrons. The molecule has 1 heterocycles. The van der Waals surface area contributed by atoms with Crippen LogP contribution in [-0.4, -0.2) is 37.5 Å². The fourth-order valence-electron chi connectivity index (χ4n) is 4.78. The van der Waals surface area contributed by atoms with Crippen LogP contribution in [0.4, 0.5) is 11.4 Å². The maximum absolute atomic E-state index is 13.5. The molecule has 6 heteroatoms. The summed E-state index contributed by atoms with van der Waals surface area (Å²) in [5, 5.41) is 0. The van der Waals surface area contributed by atoms with Gasteiger partial charge in [0.2, 0.25) is 11.8 Å². The number of benzene rings is 1. The Labute approximate surface area is 185 Å². The van der Waals surface area contributed by atoms with Gasteiger partial charge < -0.3 is 9.64 Å². The molecule has 0 atom stereocenters. The number of fused-ring (bicyclic) bond motifs is 1.